The van der Waals surface area contributed by atoms with Gasteiger partial charge in [-0.05, 0) is 47.0 Å². The molecular formula is C15H26N2O4. The van der Waals surface area contributed by atoms with Crippen LogP contribution in [0.4, 0.5) is 9.59 Å². The number of hydrogen-bond acceptors (Lipinski definition) is 4. The molecule has 21 heavy (non-hydrogen) atoms. The van der Waals surface area contributed by atoms with Gasteiger partial charge < -0.3 is 9.47 Å². The fourth-order valence-electron chi connectivity index (χ4n) is 2.22. The van der Waals surface area contributed by atoms with Crippen LogP contribution in [0.1, 0.15) is 53.4 Å². The lowest BCUT2D eigenvalue weighted by Gasteiger charge is -2.35. The Hall–Kier alpha value is -1.72. The molecule has 0 radical (unpaired) electrons. The lowest BCUT2D eigenvalue weighted by atomic mass is 9.91. The molecule has 1 unspecified atom stereocenters. The molecule has 1 rings (SSSR count). The van der Waals surface area contributed by atoms with Crippen molar-refractivity contribution in [3.8, 4) is 0 Å². The van der Waals surface area contributed by atoms with E-state index in [4.69, 9.17) is 9.47 Å². The van der Waals surface area contributed by atoms with Gasteiger partial charge in [0, 0.05) is 0 Å². The summed E-state index contributed by atoms with van der Waals surface area (Å²) in [5.74, 6) is 0. The van der Waals surface area contributed by atoms with Gasteiger partial charge in [-0.25, -0.2) is 20.0 Å². The van der Waals surface area contributed by atoms with Gasteiger partial charge in [0.15, 0.2) is 0 Å². The Balaban J connectivity index is 2.80. The molecule has 1 fully saturated rings. The summed E-state index contributed by atoms with van der Waals surface area (Å²) in [6.45, 7) is 11.0. The van der Waals surface area contributed by atoms with E-state index in [2.05, 4.69) is 12.0 Å². The first kappa shape index (κ1) is 17.3. The third kappa shape index (κ3) is 5.65. The molecule has 1 N–H and O–H groups in total. The van der Waals surface area contributed by atoms with Gasteiger partial charge in [0.25, 0.3) is 0 Å². The van der Waals surface area contributed by atoms with Crippen molar-refractivity contribution in [1.82, 2.24) is 10.4 Å². The summed E-state index contributed by atoms with van der Waals surface area (Å²) in [4.78, 5) is 24.0. The van der Waals surface area contributed by atoms with Crippen LogP contribution in [0, 0.1) is 0 Å². The molecule has 120 valence electrons. The standard InChI is InChI=1S/C15H26N2O4/c1-10(2)20-14(18)16-17(15(19)21-11(3)4)13-9-7-6-8-12(13)5/h10-11,13H,5-9H2,1-4H3,(H,16,18). The molecule has 2 amide bonds. The van der Waals surface area contributed by atoms with Crippen molar-refractivity contribution in [2.45, 2.75) is 71.6 Å². The van der Waals surface area contributed by atoms with E-state index in [1.54, 1.807) is 27.7 Å². The van der Waals surface area contributed by atoms with Gasteiger partial charge in [-0.15, -0.1) is 0 Å². The number of ether oxygens (including phenoxy) is 2. The Labute approximate surface area is 126 Å². The number of nitrogens with one attached hydrogen (secondary N) is 1. The first-order valence-electron chi connectivity index (χ1n) is 7.46. The zero-order valence-corrected chi connectivity index (χ0v) is 13.3. The Morgan fingerprint density at radius 2 is 1.81 bits per heavy atom. The fraction of sp³-hybridized carbons (Fsp3) is 0.733. The van der Waals surface area contributed by atoms with Crippen molar-refractivity contribution in [2.75, 3.05) is 0 Å². The second kappa shape index (κ2) is 7.90. The second-order valence-corrected chi connectivity index (χ2v) is 5.79. The fourth-order valence-corrected chi connectivity index (χ4v) is 2.22. The first-order chi connectivity index (χ1) is 9.81. The maximum absolute atomic E-state index is 12.2. The largest absolute Gasteiger partial charge is 0.446 e. The van der Waals surface area contributed by atoms with Crippen LogP contribution in [-0.4, -0.2) is 35.4 Å². The Morgan fingerprint density at radius 1 is 1.19 bits per heavy atom. The summed E-state index contributed by atoms with van der Waals surface area (Å²) in [6, 6.07) is -0.246. The molecule has 0 spiro atoms. The topological polar surface area (TPSA) is 67.9 Å². The van der Waals surface area contributed by atoms with E-state index in [0.29, 0.717) is 0 Å². The Morgan fingerprint density at radius 3 is 2.33 bits per heavy atom. The number of nitrogens with zero attached hydrogens (tertiary/aromatic N) is 1. The van der Waals surface area contributed by atoms with E-state index in [9.17, 15) is 9.59 Å². The molecule has 1 aliphatic carbocycles. The van der Waals surface area contributed by atoms with Crippen molar-refractivity contribution in [3.63, 3.8) is 0 Å². The maximum Gasteiger partial charge on any atom is 0.429 e. The number of hydrogen-bond donors (Lipinski definition) is 1. The lowest BCUT2D eigenvalue weighted by molar-refractivity contribution is 0.0330. The molecule has 0 aromatic heterocycles. The third-order valence-corrected chi connectivity index (χ3v) is 3.10. The van der Waals surface area contributed by atoms with Crippen molar-refractivity contribution in [1.29, 1.82) is 0 Å². The minimum Gasteiger partial charge on any atom is -0.446 e. The lowest BCUT2D eigenvalue weighted by Crippen LogP contribution is -2.54. The monoisotopic (exact) mass is 298 g/mol. The summed E-state index contributed by atoms with van der Waals surface area (Å²) >= 11 is 0. The van der Waals surface area contributed by atoms with E-state index < -0.39 is 12.2 Å². The van der Waals surface area contributed by atoms with Crippen molar-refractivity contribution in [3.05, 3.63) is 12.2 Å². The van der Waals surface area contributed by atoms with Gasteiger partial charge in [-0.2, -0.15) is 0 Å². The van der Waals surface area contributed by atoms with Crippen LogP contribution in [0.5, 0.6) is 0 Å². The highest BCUT2D eigenvalue weighted by molar-refractivity contribution is 5.74. The minimum absolute atomic E-state index is 0.246. The summed E-state index contributed by atoms with van der Waals surface area (Å²) < 4.78 is 10.2. The molecule has 6 heteroatoms. The number of amides is 2. The second-order valence-electron chi connectivity index (χ2n) is 5.79. The summed E-state index contributed by atoms with van der Waals surface area (Å²) in [5.41, 5.74) is 3.41. The molecule has 1 atom stereocenters. The highest BCUT2D eigenvalue weighted by Gasteiger charge is 2.31. The normalized spacial score (nSPS) is 18.6. The molecule has 6 nitrogen and oxygen atoms in total. The van der Waals surface area contributed by atoms with Crippen LogP contribution in [0.25, 0.3) is 0 Å². The highest BCUT2D eigenvalue weighted by Crippen LogP contribution is 2.26. The predicted octanol–water partition coefficient (Wildman–Crippen LogP) is 3.38. The van der Waals surface area contributed by atoms with Crippen molar-refractivity contribution >= 4 is 12.2 Å². The van der Waals surface area contributed by atoms with E-state index >= 15 is 0 Å². The van der Waals surface area contributed by atoms with Crippen LogP contribution in [-0.2, 0) is 9.47 Å². The van der Waals surface area contributed by atoms with Gasteiger partial charge in [-0.1, -0.05) is 18.6 Å². The van der Waals surface area contributed by atoms with Crippen LogP contribution in [0.3, 0.4) is 0 Å². The van der Waals surface area contributed by atoms with Crippen LogP contribution < -0.4 is 5.43 Å². The Bertz CT molecular complexity index is 393. The zero-order chi connectivity index (χ0) is 16.0. The van der Waals surface area contributed by atoms with Gasteiger partial charge >= 0.3 is 12.2 Å². The molecule has 1 saturated carbocycles. The SMILES string of the molecule is C=C1CCCCC1N(NC(=O)OC(C)C)C(=O)OC(C)C. The Kier molecular flexibility index (Phi) is 6.52. The van der Waals surface area contributed by atoms with Gasteiger partial charge in [0.2, 0.25) is 0 Å². The molecular weight excluding hydrogens is 272 g/mol. The number of rotatable bonds is 3. The molecule has 0 aromatic carbocycles. The number of hydrazine groups is 1. The van der Waals surface area contributed by atoms with Gasteiger partial charge in [0.05, 0.1) is 18.2 Å². The van der Waals surface area contributed by atoms with Gasteiger partial charge in [-0.3, -0.25) is 0 Å². The predicted molar refractivity (Wildman–Crippen MR) is 79.6 cm³/mol. The molecule has 0 bridgehead atoms. The minimum atomic E-state index is -0.663. The molecule has 0 saturated heterocycles. The van der Waals surface area contributed by atoms with E-state index in [1.807, 2.05) is 0 Å². The molecule has 0 heterocycles. The van der Waals surface area contributed by atoms with Crippen molar-refractivity contribution < 1.29 is 19.1 Å². The quantitative estimate of drug-likeness (QED) is 0.640. The maximum atomic E-state index is 12.2. The smallest absolute Gasteiger partial charge is 0.429 e. The van der Waals surface area contributed by atoms with Crippen molar-refractivity contribution in [2.24, 2.45) is 0 Å². The molecule has 1 aliphatic rings. The van der Waals surface area contributed by atoms with E-state index in [0.717, 1.165) is 31.3 Å². The molecule has 0 aliphatic heterocycles. The first-order valence-corrected chi connectivity index (χ1v) is 7.46. The summed E-state index contributed by atoms with van der Waals surface area (Å²) in [5, 5.41) is 1.21. The molecule has 0 aromatic rings. The van der Waals surface area contributed by atoms with E-state index in [1.165, 1.54) is 5.01 Å². The average Bonchev–Trinajstić information content (AvgIpc) is 2.35. The highest BCUT2D eigenvalue weighted by atomic mass is 16.6. The van der Waals surface area contributed by atoms with Crippen LogP contribution in [0.2, 0.25) is 0 Å². The number of carbonyl (C=O) groups excluding carboxylic acids is 2. The summed E-state index contributed by atoms with van der Waals surface area (Å²) in [6.07, 6.45) is 1.87. The van der Waals surface area contributed by atoms with Gasteiger partial charge in [0.1, 0.15) is 0 Å². The van der Waals surface area contributed by atoms with Crippen LogP contribution >= 0.6 is 0 Å². The average molecular weight is 298 g/mol. The van der Waals surface area contributed by atoms with Crippen LogP contribution in [0.15, 0.2) is 12.2 Å². The summed E-state index contributed by atoms with van der Waals surface area (Å²) in [7, 11) is 0. The zero-order valence-electron chi connectivity index (χ0n) is 13.3. The third-order valence-electron chi connectivity index (χ3n) is 3.10. The number of carbonyl (C=O) groups is 2. The van der Waals surface area contributed by atoms with E-state index in [-0.39, 0.29) is 18.2 Å².